The van der Waals surface area contributed by atoms with Gasteiger partial charge in [0.25, 0.3) is 0 Å². The second kappa shape index (κ2) is 6.73. The summed E-state index contributed by atoms with van der Waals surface area (Å²) in [4.78, 5) is 0. The Labute approximate surface area is 114 Å². The molecule has 1 heterocycles. The molecule has 0 saturated carbocycles. The van der Waals surface area contributed by atoms with E-state index >= 15 is 0 Å². The zero-order chi connectivity index (χ0) is 13.7. The SMILES string of the molecule is CCNC(COC(C)CC)c1cc2ccccc2o1. The van der Waals surface area contributed by atoms with Crippen LogP contribution in [-0.4, -0.2) is 19.3 Å². The molecular weight excluding hydrogens is 238 g/mol. The van der Waals surface area contributed by atoms with E-state index in [1.807, 2.05) is 18.2 Å². The minimum Gasteiger partial charge on any atom is -0.459 e. The van der Waals surface area contributed by atoms with E-state index in [2.05, 4.69) is 38.2 Å². The van der Waals surface area contributed by atoms with Crippen molar-refractivity contribution in [2.24, 2.45) is 0 Å². The van der Waals surface area contributed by atoms with E-state index in [4.69, 9.17) is 9.15 Å². The smallest absolute Gasteiger partial charge is 0.134 e. The van der Waals surface area contributed by atoms with Crippen LogP contribution in [0.5, 0.6) is 0 Å². The van der Waals surface area contributed by atoms with Crippen molar-refractivity contribution in [3.8, 4) is 0 Å². The third kappa shape index (κ3) is 3.58. The number of likely N-dealkylation sites (N-methyl/N-ethyl adjacent to an activating group) is 1. The summed E-state index contributed by atoms with van der Waals surface area (Å²) >= 11 is 0. The van der Waals surface area contributed by atoms with E-state index in [1.54, 1.807) is 0 Å². The van der Waals surface area contributed by atoms with Crippen LogP contribution in [0.15, 0.2) is 34.7 Å². The van der Waals surface area contributed by atoms with Crippen molar-refractivity contribution < 1.29 is 9.15 Å². The molecule has 0 radical (unpaired) electrons. The fraction of sp³-hybridized carbons (Fsp3) is 0.500. The first-order valence-corrected chi connectivity index (χ1v) is 7.08. The van der Waals surface area contributed by atoms with E-state index in [0.29, 0.717) is 6.61 Å². The van der Waals surface area contributed by atoms with Crippen LogP contribution < -0.4 is 5.32 Å². The first-order chi connectivity index (χ1) is 9.24. The Bertz CT molecular complexity index is 473. The molecule has 19 heavy (non-hydrogen) atoms. The van der Waals surface area contributed by atoms with Gasteiger partial charge in [0.05, 0.1) is 18.8 Å². The van der Waals surface area contributed by atoms with Gasteiger partial charge in [0.1, 0.15) is 11.3 Å². The third-order valence-corrected chi connectivity index (χ3v) is 3.36. The number of furan rings is 1. The molecule has 1 aromatic heterocycles. The van der Waals surface area contributed by atoms with Crippen molar-refractivity contribution in [3.63, 3.8) is 0 Å². The van der Waals surface area contributed by atoms with Gasteiger partial charge in [-0.25, -0.2) is 0 Å². The minimum absolute atomic E-state index is 0.117. The van der Waals surface area contributed by atoms with Crippen LogP contribution in [0.4, 0.5) is 0 Å². The first kappa shape index (κ1) is 14.1. The highest BCUT2D eigenvalue weighted by molar-refractivity contribution is 5.77. The van der Waals surface area contributed by atoms with Crippen LogP contribution in [0.3, 0.4) is 0 Å². The average molecular weight is 261 g/mol. The van der Waals surface area contributed by atoms with Gasteiger partial charge in [-0.05, 0) is 32.0 Å². The number of rotatable bonds is 7. The number of ether oxygens (including phenoxy) is 1. The van der Waals surface area contributed by atoms with Crippen LogP contribution in [-0.2, 0) is 4.74 Å². The molecule has 1 aromatic carbocycles. The molecule has 0 spiro atoms. The van der Waals surface area contributed by atoms with Gasteiger partial charge in [-0.1, -0.05) is 32.0 Å². The Morgan fingerprint density at radius 1 is 1.26 bits per heavy atom. The Hall–Kier alpha value is -1.32. The normalized spacial score (nSPS) is 14.7. The summed E-state index contributed by atoms with van der Waals surface area (Å²) < 4.78 is 11.7. The lowest BCUT2D eigenvalue weighted by Gasteiger charge is -2.18. The van der Waals surface area contributed by atoms with Gasteiger partial charge in [0, 0.05) is 5.39 Å². The van der Waals surface area contributed by atoms with Gasteiger partial charge in [-0.15, -0.1) is 0 Å². The Morgan fingerprint density at radius 2 is 2.05 bits per heavy atom. The van der Waals surface area contributed by atoms with E-state index in [-0.39, 0.29) is 12.1 Å². The summed E-state index contributed by atoms with van der Waals surface area (Å²) in [5, 5.41) is 4.56. The van der Waals surface area contributed by atoms with Crippen LogP contribution in [0, 0.1) is 0 Å². The zero-order valence-electron chi connectivity index (χ0n) is 12.0. The molecule has 0 saturated heterocycles. The topological polar surface area (TPSA) is 34.4 Å². The highest BCUT2D eigenvalue weighted by Gasteiger charge is 2.16. The van der Waals surface area contributed by atoms with Crippen molar-refractivity contribution >= 4 is 11.0 Å². The van der Waals surface area contributed by atoms with E-state index in [9.17, 15) is 0 Å². The molecular formula is C16H23NO2. The Balaban J connectivity index is 2.13. The van der Waals surface area contributed by atoms with Crippen molar-refractivity contribution in [1.82, 2.24) is 5.32 Å². The van der Waals surface area contributed by atoms with Crippen molar-refractivity contribution in [3.05, 3.63) is 36.1 Å². The summed E-state index contributed by atoms with van der Waals surface area (Å²) in [6.45, 7) is 7.86. The largest absolute Gasteiger partial charge is 0.459 e. The number of hydrogen-bond acceptors (Lipinski definition) is 3. The molecule has 3 heteroatoms. The molecule has 0 aliphatic carbocycles. The van der Waals surface area contributed by atoms with E-state index < -0.39 is 0 Å². The summed E-state index contributed by atoms with van der Waals surface area (Å²) in [6, 6.07) is 10.3. The van der Waals surface area contributed by atoms with E-state index in [1.165, 1.54) is 0 Å². The average Bonchev–Trinajstić information content (AvgIpc) is 2.86. The van der Waals surface area contributed by atoms with Gasteiger partial charge >= 0.3 is 0 Å². The zero-order valence-corrected chi connectivity index (χ0v) is 12.0. The van der Waals surface area contributed by atoms with Crippen molar-refractivity contribution in [1.29, 1.82) is 0 Å². The molecule has 1 N–H and O–H groups in total. The van der Waals surface area contributed by atoms with Crippen molar-refractivity contribution in [2.75, 3.05) is 13.2 Å². The molecule has 0 amide bonds. The molecule has 3 nitrogen and oxygen atoms in total. The summed E-state index contributed by atoms with van der Waals surface area (Å²) in [7, 11) is 0. The standard InChI is InChI=1S/C16H23NO2/c1-4-12(3)18-11-14(17-5-2)16-10-13-8-6-7-9-15(13)19-16/h6-10,12,14,17H,4-5,11H2,1-3H3. The lowest BCUT2D eigenvalue weighted by atomic mass is 10.2. The number of nitrogens with one attached hydrogen (secondary N) is 1. The number of hydrogen-bond donors (Lipinski definition) is 1. The molecule has 0 aliphatic rings. The number of fused-ring (bicyclic) bond motifs is 1. The monoisotopic (exact) mass is 261 g/mol. The number of para-hydroxylation sites is 1. The minimum atomic E-state index is 0.117. The maximum absolute atomic E-state index is 5.91. The van der Waals surface area contributed by atoms with Gasteiger partial charge in [-0.3, -0.25) is 0 Å². The van der Waals surface area contributed by atoms with Gasteiger partial charge in [0.2, 0.25) is 0 Å². The Kier molecular flexibility index (Phi) is 5.00. The second-order valence-electron chi connectivity index (χ2n) is 4.85. The van der Waals surface area contributed by atoms with Crippen LogP contribution in [0.1, 0.15) is 39.0 Å². The predicted octanol–water partition coefficient (Wildman–Crippen LogP) is 3.90. The lowest BCUT2D eigenvalue weighted by Crippen LogP contribution is -2.26. The molecule has 2 unspecified atom stereocenters. The predicted molar refractivity (Wildman–Crippen MR) is 78.3 cm³/mol. The fourth-order valence-corrected chi connectivity index (χ4v) is 2.04. The van der Waals surface area contributed by atoms with Crippen LogP contribution in [0.25, 0.3) is 11.0 Å². The van der Waals surface area contributed by atoms with Crippen molar-refractivity contribution in [2.45, 2.75) is 39.3 Å². The molecule has 2 atom stereocenters. The lowest BCUT2D eigenvalue weighted by molar-refractivity contribution is 0.0441. The third-order valence-electron chi connectivity index (χ3n) is 3.36. The Morgan fingerprint density at radius 3 is 2.74 bits per heavy atom. The molecule has 2 aromatic rings. The van der Waals surface area contributed by atoms with Gasteiger partial charge in [0.15, 0.2) is 0 Å². The summed E-state index contributed by atoms with van der Waals surface area (Å²) in [5.74, 6) is 0.950. The summed E-state index contributed by atoms with van der Waals surface area (Å²) in [6.07, 6.45) is 1.31. The fourth-order valence-electron chi connectivity index (χ4n) is 2.04. The molecule has 104 valence electrons. The molecule has 0 fully saturated rings. The quantitative estimate of drug-likeness (QED) is 0.821. The van der Waals surface area contributed by atoms with Gasteiger partial charge < -0.3 is 14.5 Å². The highest BCUT2D eigenvalue weighted by Crippen LogP contribution is 2.24. The highest BCUT2D eigenvalue weighted by atomic mass is 16.5. The summed E-state index contributed by atoms with van der Waals surface area (Å²) in [5.41, 5.74) is 0.934. The van der Waals surface area contributed by atoms with Crippen LogP contribution in [0.2, 0.25) is 0 Å². The van der Waals surface area contributed by atoms with E-state index in [0.717, 1.165) is 29.7 Å². The maximum atomic E-state index is 5.91. The maximum Gasteiger partial charge on any atom is 0.134 e. The second-order valence-corrected chi connectivity index (χ2v) is 4.85. The van der Waals surface area contributed by atoms with Gasteiger partial charge in [-0.2, -0.15) is 0 Å². The molecule has 0 aliphatic heterocycles. The number of benzene rings is 1. The van der Waals surface area contributed by atoms with Crippen LogP contribution >= 0.6 is 0 Å². The first-order valence-electron chi connectivity index (χ1n) is 7.08. The molecule has 2 rings (SSSR count). The molecule has 0 bridgehead atoms.